The molecule has 3 N–H and O–H groups in total. The van der Waals surface area contributed by atoms with Crippen LogP contribution in [0.15, 0.2) is 42.6 Å². The predicted octanol–water partition coefficient (Wildman–Crippen LogP) is 4.48. The van der Waals surface area contributed by atoms with Crippen molar-refractivity contribution in [3.05, 3.63) is 69.9 Å². The van der Waals surface area contributed by atoms with Gasteiger partial charge < -0.3 is 20.5 Å². The standard InChI is InChI=1S/C26H28ClN5O3/c1-25(2)18-9-8-16(12-15(18)10-11-29-25)30-24-28-13-17-22(31-24)35-14-32(23(17)33)21-19(26(3,4)34)6-5-7-20(21)27/h5-9,12-13,29,34H,10-11,14H2,1-4H3,(H,28,30,31). The van der Waals surface area contributed by atoms with Crippen LogP contribution in [0.1, 0.15) is 54.7 Å². The third-order valence-electron chi connectivity index (χ3n) is 6.47. The van der Waals surface area contributed by atoms with Crippen molar-refractivity contribution in [3.63, 3.8) is 0 Å². The van der Waals surface area contributed by atoms with Crippen molar-refractivity contribution in [2.45, 2.75) is 45.3 Å². The molecule has 1 amide bonds. The zero-order valence-electron chi connectivity index (χ0n) is 20.1. The van der Waals surface area contributed by atoms with Gasteiger partial charge in [-0.1, -0.05) is 29.8 Å². The van der Waals surface area contributed by atoms with Crippen LogP contribution in [0.25, 0.3) is 0 Å². The van der Waals surface area contributed by atoms with Crippen LogP contribution in [0.3, 0.4) is 0 Å². The van der Waals surface area contributed by atoms with Crippen LogP contribution in [-0.2, 0) is 17.6 Å². The highest BCUT2D eigenvalue weighted by molar-refractivity contribution is 6.34. The fourth-order valence-electron chi connectivity index (χ4n) is 4.68. The summed E-state index contributed by atoms with van der Waals surface area (Å²) in [6.07, 6.45) is 2.40. The highest BCUT2D eigenvalue weighted by Gasteiger charge is 2.34. The smallest absolute Gasteiger partial charge is 0.268 e. The van der Waals surface area contributed by atoms with Crippen molar-refractivity contribution in [3.8, 4) is 5.88 Å². The minimum atomic E-state index is -1.20. The number of para-hydroxylation sites is 1. The number of amides is 1. The molecule has 2 aliphatic rings. The number of fused-ring (bicyclic) bond motifs is 2. The third-order valence-corrected chi connectivity index (χ3v) is 6.78. The van der Waals surface area contributed by atoms with Crippen LogP contribution in [0, 0.1) is 0 Å². The summed E-state index contributed by atoms with van der Waals surface area (Å²) in [5, 5.41) is 17.7. The fraction of sp³-hybridized carbons (Fsp3) is 0.346. The molecule has 2 aliphatic heterocycles. The molecule has 1 aromatic heterocycles. The first kappa shape index (κ1) is 23.5. The number of halogens is 1. The molecule has 0 radical (unpaired) electrons. The molecule has 0 spiro atoms. The summed E-state index contributed by atoms with van der Waals surface area (Å²) >= 11 is 6.44. The Balaban J connectivity index is 1.41. The van der Waals surface area contributed by atoms with E-state index in [2.05, 4.69) is 46.6 Å². The van der Waals surface area contributed by atoms with Gasteiger partial charge in [0, 0.05) is 23.0 Å². The summed E-state index contributed by atoms with van der Waals surface area (Å²) < 4.78 is 5.85. The Morgan fingerprint density at radius 1 is 1.26 bits per heavy atom. The molecule has 9 heteroatoms. The normalized spacial score (nSPS) is 16.9. The molecule has 182 valence electrons. The van der Waals surface area contributed by atoms with Crippen LogP contribution in [0.4, 0.5) is 17.3 Å². The number of rotatable bonds is 4. The second-order valence-corrected chi connectivity index (χ2v) is 10.3. The Bertz CT molecular complexity index is 1320. The number of nitrogens with one attached hydrogen (secondary N) is 2. The molecular weight excluding hydrogens is 466 g/mol. The largest absolute Gasteiger partial charge is 0.455 e. The molecule has 8 nitrogen and oxygen atoms in total. The lowest BCUT2D eigenvalue weighted by Crippen LogP contribution is -2.42. The van der Waals surface area contributed by atoms with E-state index in [0.717, 1.165) is 18.7 Å². The number of benzene rings is 2. The first-order valence-electron chi connectivity index (χ1n) is 11.5. The number of anilines is 3. The maximum atomic E-state index is 13.3. The molecule has 0 saturated heterocycles. The summed E-state index contributed by atoms with van der Waals surface area (Å²) in [4.78, 5) is 23.5. The first-order chi connectivity index (χ1) is 16.5. The van der Waals surface area contributed by atoms with Crippen molar-refractivity contribution in [1.82, 2.24) is 15.3 Å². The Morgan fingerprint density at radius 2 is 2.06 bits per heavy atom. The second-order valence-electron chi connectivity index (χ2n) is 9.91. The number of carbonyl (C=O) groups excluding carboxylic acids is 1. The highest BCUT2D eigenvalue weighted by atomic mass is 35.5. The van der Waals surface area contributed by atoms with Gasteiger partial charge in [0.15, 0.2) is 6.73 Å². The zero-order valence-corrected chi connectivity index (χ0v) is 20.9. The topological polar surface area (TPSA) is 99.6 Å². The zero-order chi connectivity index (χ0) is 25.0. The van der Waals surface area contributed by atoms with Crippen molar-refractivity contribution in [2.24, 2.45) is 0 Å². The molecular formula is C26H28ClN5O3. The molecule has 3 heterocycles. The monoisotopic (exact) mass is 493 g/mol. The average molecular weight is 494 g/mol. The van der Waals surface area contributed by atoms with Gasteiger partial charge in [0.2, 0.25) is 11.8 Å². The lowest BCUT2D eigenvalue weighted by molar-refractivity contribution is 0.0782. The van der Waals surface area contributed by atoms with Crippen molar-refractivity contribution in [1.29, 1.82) is 0 Å². The van der Waals surface area contributed by atoms with Gasteiger partial charge in [0.1, 0.15) is 5.56 Å². The number of aliphatic hydroxyl groups is 1. The van der Waals surface area contributed by atoms with Gasteiger partial charge in [-0.15, -0.1) is 0 Å². The Labute approximate surface area is 209 Å². The van der Waals surface area contributed by atoms with Gasteiger partial charge in [-0.2, -0.15) is 4.98 Å². The summed E-state index contributed by atoms with van der Waals surface area (Å²) in [6.45, 7) is 8.47. The predicted molar refractivity (Wildman–Crippen MR) is 135 cm³/mol. The summed E-state index contributed by atoms with van der Waals surface area (Å²) in [6, 6.07) is 11.4. The van der Waals surface area contributed by atoms with Gasteiger partial charge in [-0.25, -0.2) is 4.98 Å². The molecule has 0 fully saturated rings. The Kier molecular flexibility index (Phi) is 5.70. The molecule has 35 heavy (non-hydrogen) atoms. The van der Waals surface area contributed by atoms with Crippen LogP contribution in [-0.4, -0.2) is 34.3 Å². The quantitative estimate of drug-likeness (QED) is 0.492. The van der Waals surface area contributed by atoms with Crippen LogP contribution >= 0.6 is 11.6 Å². The Morgan fingerprint density at radius 3 is 2.83 bits per heavy atom. The number of hydrogen-bond acceptors (Lipinski definition) is 7. The van der Waals surface area contributed by atoms with E-state index >= 15 is 0 Å². The van der Waals surface area contributed by atoms with Gasteiger partial charge in [0.25, 0.3) is 5.91 Å². The molecule has 0 bridgehead atoms. The third kappa shape index (κ3) is 4.33. The molecule has 0 atom stereocenters. The number of nitrogens with zero attached hydrogens (tertiary/aromatic N) is 3. The van der Waals surface area contributed by atoms with E-state index in [1.54, 1.807) is 32.0 Å². The fourth-order valence-corrected chi connectivity index (χ4v) is 4.96. The van der Waals surface area contributed by atoms with E-state index in [4.69, 9.17) is 16.3 Å². The molecule has 0 saturated carbocycles. The van der Waals surface area contributed by atoms with E-state index in [-0.39, 0.29) is 29.6 Å². The number of ether oxygens (including phenoxy) is 1. The van der Waals surface area contributed by atoms with Gasteiger partial charge in [0.05, 0.1) is 16.3 Å². The van der Waals surface area contributed by atoms with Crippen LogP contribution in [0.5, 0.6) is 5.88 Å². The number of aromatic nitrogens is 2. The molecule has 5 rings (SSSR count). The molecule has 0 unspecified atom stereocenters. The molecule has 0 aliphatic carbocycles. The maximum absolute atomic E-state index is 13.3. The molecule has 2 aromatic carbocycles. The minimum Gasteiger partial charge on any atom is -0.455 e. The SMILES string of the molecule is CC(C)(O)c1cccc(Cl)c1N1COc2nc(Nc3ccc4c(c3)CCNC4(C)C)ncc2C1=O. The van der Waals surface area contributed by atoms with Crippen LogP contribution in [0.2, 0.25) is 5.02 Å². The van der Waals surface area contributed by atoms with Crippen molar-refractivity contribution >= 4 is 34.8 Å². The lowest BCUT2D eigenvalue weighted by Gasteiger charge is -2.34. The Hall–Kier alpha value is -3.20. The van der Waals surface area contributed by atoms with E-state index in [1.807, 2.05) is 6.07 Å². The minimum absolute atomic E-state index is 0.0682. The van der Waals surface area contributed by atoms with Gasteiger partial charge in [-0.05, 0) is 70.0 Å². The highest BCUT2D eigenvalue weighted by Crippen LogP contribution is 2.39. The maximum Gasteiger partial charge on any atom is 0.268 e. The average Bonchev–Trinajstić information content (AvgIpc) is 2.79. The van der Waals surface area contributed by atoms with E-state index in [9.17, 15) is 9.90 Å². The van der Waals surface area contributed by atoms with Crippen molar-refractivity contribution < 1.29 is 14.6 Å². The summed E-state index contributed by atoms with van der Waals surface area (Å²) in [5.41, 5.74) is 3.31. The van der Waals surface area contributed by atoms with E-state index in [1.165, 1.54) is 22.2 Å². The van der Waals surface area contributed by atoms with Gasteiger partial charge in [-0.3, -0.25) is 9.69 Å². The van der Waals surface area contributed by atoms with Crippen molar-refractivity contribution in [2.75, 3.05) is 23.5 Å². The van der Waals surface area contributed by atoms with Crippen LogP contribution < -0.4 is 20.3 Å². The first-order valence-corrected chi connectivity index (χ1v) is 11.9. The van der Waals surface area contributed by atoms with E-state index < -0.39 is 5.60 Å². The van der Waals surface area contributed by atoms with E-state index in [0.29, 0.717) is 22.2 Å². The second kappa shape index (κ2) is 8.48. The number of hydrogen-bond donors (Lipinski definition) is 3. The summed E-state index contributed by atoms with van der Waals surface area (Å²) in [5.74, 6) is 0.192. The lowest BCUT2D eigenvalue weighted by atomic mass is 9.85. The number of carbonyl (C=O) groups is 1. The molecule has 3 aromatic rings. The van der Waals surface area contributed by atoms with Gasteiger partial charge >= 0.3 is 0 Å². The summed E-state index contributed by atoms with van der Waals surface area (Å²) in [7, 11) is 0.